The van der Waals surface area contributed by atoms with Crippen molar-refractivity contribution in [1.82, 2.24) is 15.4 Å². The Hall–Kier alpha value is -2.75. The fourth-order valence-corrected chi connectivity index (χ4v) is 2.12. The number of nitrogens with one attached hydrogen (secondary N) is 1. The first-order valence-electron chi connectivity index (χ1n) is 6.37. The van der Waals surface area contributed by atoms with Crippen LogP contribution < -0.4 is 0 Å². The minimum absolute atomic E-state index is 0.815. The molecule has 20 heavy (non-hydrogen) atoms. The summed E-state index contributed by atoms with van der Waals surface area (Å²) in [5, 5.41) is 10.8. The van der Waals surface area contributed by atoms with Crippen molar-refractivity contribution in [2.75, 3.05) is 7.05 Å². The molecular weight excluding hydrogens is 248 g/mol. The van der Waals surface area contributed by atoms with Crippen LogP contribution in [0.5, 0.6) is 0 Å². The van der Waals surface area contributed by atoms with Gasteiger partial charge in [-0.15, -0.1) is 5.10 Å². The van der Waals surface area contributed by atoms with Gasteiger partial charge in [0.15, 0.2) is 0 Å². The van der Waals surface area contributed by atoms with E-state index in [1.807, 2.05) is 30.3 Å². The summed E-state index contributed by atoms with van der Waals surface area (Å²) in [6.07, 6.45) is 1.72. The van der Waals surface area contributed by atoms with Crippen molar-refractivity contribution in [1.29, 1.82) is 0 Å². The second-order valence-electron chi connectivity index (χ2n) is 4.40. The van der Waals surface area contributed by atoms with Crippen LogP contribution in [-0.4, -0.2) is 28.7 Å². The molecule has 0 aliphatic heterocycles. The maximum atomic E-state index is 4.11. The molecular formula is C16H14N4. The zero-order valence-electron chi connectivity index (χ0n) is 11.1. The summed E-state index contributed by atoms with van der Waals surface area (Å²) in [7, 11) is 1.73. The molecule has 0 radical (unpaired) electrons. The summed E-state index contributed by atoms with van der Waals surface area (Å²) in [5.41, 5.74) is 5.04. The highest BCUT2D eigenvalue weighted by Crippen LogP contribution is 2.24. The van der Waals surface area contributed by atoms with Crippen LogP contribution in [0, 0.1) is 0 Å². The van der Waals surface area contributed by atoms with E-state index in [9.17, 15) is 0 Å². The van der Waals surface area contributed by atoms with Crippen LogP contribution in [0.1, 0.15) is 5.69 Å². The van der Waals surface area contributed by atoms with Crippen molar-refractivity contribution in [2.45, 2.75) is 0 Å². The Labute approximate surface area is 117 Å². The van der Waals surface area contributed by atoms with Crippen molar-refractivity contribution in [3.63, 3.8) is 0 Å². The van der Waals surface area contributed by atoms with Crippen molar-refractivity contribution in [3.05, 3.63) is 60.3 Å². The molecule has 0 unspecified atom stereocenters. The first-order chi connectivity index (χ1) is 9.88. The number of aliphatic imine (C=N–C) groups is 1. The van der Waals surface area contributed by atoms with Crippen LogP contribution in [-0.2, 0) is 0 Å². The van der Waals surface area contributed by atoms with E-state index in [0.717, 1.165) is 17.0 Å². The van der Waals surface area contributed by atoms with E-state index in [1.165, 1.54) is 11.1 Å². The van der Waals surface area contributed by atoms with Gasteiger partial charge in [-0.1, -0.05) is 59.8 Å². The molecule has 0 saturated heterocycles. The quantitative estimate of drug-likeness (QED) is 0.737. The predicted molar refractivity (Wildman–Crippen MR) is 80.8 cm³/mol. The Morgan fingerprint density at radius 2 is 1.55 bits per heavy atom. The Balaban J connectivity index is 1.95. The highest BCUT2D eigenvalue weighted by atomic mass is 15.3. The third-order valence-electron chi connectivity index (χ3n) is 3.10. The fourth-order valence-electron chi connectivity index (χ4n) is 2.12. The highest BCUT2D eigenvalue weighted by Gasteiger charge is 2.07. The van der Waals surface area contributed by atoms with Gasteiger partial charge in [0.2, 0.25) is 0 Å². The summed E-state index contributed by atoms with van der Waals surface area (Å²) in [4.78, 5) is 3.99. The normalized spacial score (nSPS) is 11.1. The maximum Gasteiger partial charge on any atom is 0.121 e. The molecule has 0 saturated carbocycles. The van der Waals surface area contributed by atoms with Crippen LogP contribution in [0.2, 0.25) is 0 Å². The number of benzene rings is 2. The molecule has 1 heterocycles. The monoisotopic (exact) mass is 262 g/mol. The minimum atomic E-state index is 0.815. The molecule has 4 nitrogen and oxygen atoms in total. The number of aromatic nitrogens is 3. The molecule has 0 spiro atoms. The molecule has 0 atom stereocenters. The lowest BCUT2D eigenvalue weighted by Crippen LogP contribution is -1.87. The number of hydrogen-bond donors (Lipinski definition) is 1. The van der Waals surface area contributed by atoms with E-state index in [1.54, 1.807) is 13.3 Å². The number of aromatic amines is 1. The van der Waals surface area contributed by atoms with Crippen LogP contribution in [0.25, 0.3) is 22.4 Å². The second kappa shape index (κ2) is 5.48. The summed E-state index contributed by atoms with van der Waals surface area (Å²) in [6.45, 7) is 0. The molecule has 0 fully saturated rings. The van der Waals surface area contributed by atoms with E-state index in [4.69, 9.17) is 0 Å². The topological polar surface area (TPSA) is 53.9 Å². The fraction of sp³-hybridized carbons (Fsp3) is 0.0625. The van der Waals surface area contributed by atoms with Gasteiger partial charge < -0.3 is 0 Å². The minimum Gasteiger partial charge on any atom is -0.294 e. The Morgan fingerprint density at radius 1 is 0.900 bits per heavy atom. The summed E-state index contributed by atoms with van der Waals surface area (Å²) in [5.74, 6) is 0. The van der Waals surface area contributed by atoms with Crippen LogP contribution in [0.4, 0.5) is 0 Å². The molecule has 98 valence electrons. The smallest absolute Gasteiger partial charge is 0.121 e. The second-order valence-corrected chi connectivity index (χ2v) is 4.40. The summed E-state index contributed by atoms with van der Waals surface area (Å²) >= 11 is 0. The number of H-pyrrole nitrogens is 1. The molecule has 1 aromatic heterocycles. The van der Waals surface area contributed by atoms with Gasteiger partial charge in [0.25, 0.3) is 0 Å². The van der Waals surface area contributed by atoms with Crippen molar-refractivity contribution < 1.29 is 0 Å². The molecule has 2 aromatic carbocycles. The van der Waals surface area contributed by atoms with E-state index >= 15 is 0 Å². The van der Waals surface area contributed by atoms with E-state index in [-0.39, 0.29) is 0 Å². The third-order valence-corrected chi connectivity index (χ3v) is 3.10. The zero-order chi connectivity index (χ0) is 13.8. The predicted octanol–water partition coefficient (Wildman–Crippen LogP) is 3.19. The molecule has 0 bridgehead atoms. The van der Waals surface area contributed by atoms with Gasteiger partial charge in [0.05, 0.1) is 0 Å². The van der Waals surface area contributed by atoms with Gasteiger partial charge in [0, 0.05) is 18.8 Å². The molecule has 3 rings (SSSR count). The zero-order valence-corrected chi connectivity index (χ0v) is 11.1. The molecule has 3 aromatic rings. The average molecular weight is 262 g/mol. The molecule has 0 amide bonds. The SMILES string of the molecule is C/N=C/c1[nH]nnc1-c1ccc(-c2ccccc2)cc1. The maximum absolute atomic E-state index is 4.11. The van der Waals surface area contributed by atoms with Gasteiger partial charge in [-0.3, -0.25) is 10.1 Å². The first kappa shape index (κ1) is 12.3. The van der Waals surface area contributed by atoms with Crippen molar-refractivity contribution >= 4 is 6.21 Å². The van der Waals surface area contributed by atoms with Gasteiger partial charge in [-0.25, -0.2) is 0 Å². The lowest BCUT2D eigenvalue weighted by molar-refractivity contribution is 0.940. The van der Waals surface area contributed by atoms with Gasteiger partial charge in [-0.2, -0.15) is 0 Å². The van der Waals surface area contributed by atoms with Gasteiger partial charge in [-0.05, 0) is 11.1 Å². The van der Waals surface area contributed by atoms with Crippen molar-refractivity contribution in [3.8, 4) is 22.4 Å². The standard InChI is InChI=1S/C16H14N4/c1-17-11-15-16(19-20-18-15)14-9-7-13(8-10-14)12-5-3-2-4-6-12/h2-11H,1H3,(H,18,19,20)/b17-11+. The van der Waals surface area contributed by atoms with E-state index < -0.39 is 0 Å². The Kier molecular flexibility index (Phi) is 3.37. The average Bonchev–Trinajstić information content (AvgIpc) is 2.97. The number of rotatable bonds is 3. The number of nitrogens with zero attached hydrogens (tertiary/aromatic N) is 3. The molecule has 4 heteroatoms. The lowest BCUT2D eigenvalue weighted by atomic mass is 10.0. The van der Waals surface area contributed by atoms with Gasteiger partial charge in [0.1, 0.15) is 11.4 Å². The lowest BCUT2D eigenvalue weighted by Gasteiger charge is -2.03. The van der Waals surface area contributed by atoms with E-state index in [0.29, 0.717) is 0 Å². The molecule has 0 aliphatic rings. The first-order valence-corrected chi connectivity index (χ1v) is 6.37. The molecule has 0 aliphatic carbocycles. The number of hydrogen-bond acceptors (Lipinski definition) is 3. The Bertz CT molecular complexity index is 712. The van der Waals surface area contributed by atoms with Crippen LogP contribution >= 0.6 is 0 Å². The van der Waals surface area contributed by atoms with Crippen molar-refractivity contribution in [2.24, 2.45) is 4.99 Å². The third kappa shape index (κ3) is 2.36. The van der Waals surface area contributed by atoms with Crippen LogP contribution in [0.3, 0.4) is 0 Å². The largest absolute Gasteiger partial charge is 0.294 e. The highest BCUT2D eigenvalue weighted by molar-refractivity contribution is 5.86. The summed E-state index contributed by atoms with van der Waals surface area (Å²) < 4.78 is 0. The van der Waals surface area contributed by atoms with Gasteiger partial charge >= 0.3 is 0 Å². The molecule has 1 N–H and O–H groups in total. The summed E-state index contributed by atoms with van der Waals surface area (Å²) in [6, 6.07) is 18.6. The van der Waals surface area contributed by atoms with Crippen LogP contribution in [0.15, 0.2) is 59.6 Å². The van der Waals surface area contributed by atoms with E-state index in [2.05, 4.69) is 44.7 Å². The Morgan fingerprint density at radius 3 is 2.25 bits per heavy atom.